The fourth-order valence-corrected chi connectivity index (χ4v) is 1.79. The molecule has 2 rings (SSSR count). The Hall–Kier alpha value is -3.09. The second-order valence-corrected chi connectivity index (χ2v) is 4.61. The lowest BCUT2D eigenvalue weighted by atomic mass is 10.2. The van der Waals surface area contributed by atoms with Crippen LogP contribution in [0.25, 0.3) is 0 Å². The van der Waals surface area contributed by atoms with Crippen molar-refractivity contribution in [2.75, 3.05) is 13.7 Å². The number of methoxy groups -OCH3 is 1. The summed E-state index contributed by atoms with van der Waals surface area (Å²) in [5, 5.41) is 14.0. The molecule has 0 unspecified atom stereocenters. The van der Waals surface area contributed by atoms with E-state index in [1.807, 2.05) is 12.1 Å². The molecular formula is C16H16N2O5. The smallest absolute Gasteiger partial charge is 0.405 e. The quantitative estimate of drug-likeness (QED) is 0.483. The highest BCUT2D eigenvalue weighted by atomic mass is 16.5. The molecule has 0 aliphatic rings. The van der Waals surface area contributed by atoms with Gasteiger partial charge in [0.25, 0.3) is 5.91 Å². The molecule has 0 saturated carbocycles. The number of esters is 1. The molecule has 0 spiro atoms. The fourth-order valence-electron chi connectivity index (χ4n) is 1.79. The van der Waals surface area contributed by atoms with Crippen LogP contribution in [0.4, 0.5) is 0 Å². The molecule has 0 aliphatic carbocycles. The van der Waals surface area contributed by atoms with E-state index in [2.05, 4.69) is 5.32 Å². The van der Waals surface area contributed by atoms with E-state index >= 15 is 0 Å². The molecule has 1 N–H and O–H groups in total. The Morgan fingerprint density at radius 3 is 2.57 bits per heavy atom. The van der Waals surface area contributed by atoms with Crippen molar-refractivity contribution in [1.82, 2.24) is 5.32 Å². The van der Waals surface area contributed by atoms with E-state index in [1.54, 1.807) is 19.2 Å². The molecule has 23 heavy (non-hydrogen) atoms. The van der Waals surface area contributed by atoms with Crippen LogP contribution in [0.15, 0.2) is 48.7 Å². The minimum atomic E-state index is -0.847. The van der Waals surface area contributed by atoms with Crippen LogP contribution in [0.5, 0.6) is 5.75 Å². The molecule has 0 bridgehead atoms. The van der Waals surface area contributed by atoms with E-state index in [-0.39, 0.29) is 5.69 Å². The van der Waals surface area contributed by atoms with Gasteiger partial charge in [0.1, 0.15) is 5.75 Å². The van der Waals surface area contributed by atoms with Gasteiger partial charge in [-0.05, 0) is 23.8 Å². The Bertz CT molecular complexity index is 685. The van der Waals surface area contributed by atoms with E-state index < -0.39 is 18.5 Å². The number of aromatic nitrogens is 1. The van der Waals surface area contributed by atoms with Crippen molar-refractivity contribution in [1.29, 1.82) is 0 Å². The Balaban J connectivity index is 1.78. The number of nitrogens with one attached hydrogen (secondary N) is 1. The van der Waals surface area contributed by atoms with E-state index in [0.29, 0.717) is 11.3 Å². The first-order valence-electron chi connectivity index (χ1n) is 6.85. The molecule has 1 amide bonds. The summed E-state index contributed by atoms with van der Waals surface area (Å²) in [5.41, 5.74) is 0.710. The van der Waals surface area contributed by atoms with Crippen LogP contribution in [-0.4, -0.2) is 25.6 Å². The molecular weight excluding hydrogens is 300 g/mol. The van der Waals surface area contributed by atoms with E-state index in [0.717, 1.165) is 11.3 Å². The summed E-state index contributed by atoms with van der Waals surface area (Å²) in [4.78, 5) is 23.3. The van der Waals surface area contributed by atoms with Crippen LogP contribution in [0.3, 0.4) is 0 Å². The molecule has 0 atom stereocenters. The van der Waals surface area contributed by atoms with E-state index in [4.69, 9.17) is 9.47 Å². The Labute approximate surface area is 133 Å². The number of hydrogen-bond donors (Lipinski definition) is 1. The Morgan fingerprint density at radius 2 is 1.91 bits per heavy atom. The Kier molecular flexibility index (Phi) is 5.51. The molecule has 1 aromatic heterocycles. The summed E-state index contributed by atoms with van der Waals surface area (Å²) in [5.74, 6) is -0.578. The van der Waals surface area contributed by atoms with Crippen molar-refractivity contribution < 1.29 is 23.8 Å². The van der Waals surface area contributed by atoms with Crippen LogP contribution in [0.2, 0.25) is 0 Å². The third-order valence-corrected chi connectivity index (χ3v) is 3.02. The Morgan fingerprint density at radius 1 is 1.17 bits per heavy atom. The maximum atomic E-state index is 11.7. The minimum absolute atomic E-state index is 0.171. The average molecular weight is 316 g/mol. The lowest BCUT2D eigenvalue weighted by molar-refractivity contribution is -0.608. The van der Waals surface area contributed by atoms with Crippen molar-refractivity contribution in [3.8, 4) is 5.75 Å². The van der Waals surface area contributed by atoms with Crippen LogP contribution in [0.1, 0.15) is 16.1 Å². The van der Waals surface area contributed by atoms with Gasteiger partial charge < -0.3 is 20.0 Å². The highest BCUT2D eigenvalue weighted by Crippen LogP contribution is 2.10. The van der Waals surface area contributed by atoms with Crippen LogP contribution >= 0.6 is 0 Å². The van der Waals surface area contributed by atoms with Crippen molar-refractivity contribution in [2.45, 2.75) is 6.54 Å². The summed E-state index contributed by atoms with van der Waals surface area (Å²) in [7, 11) is 1.57. The highest BCUT2D eigenvalue weighted by molar-refractivity contribution is 5.88. The third kappa shape index (κ3) is 4.70. The number of hydrogen-bond acceptors (Lipinski definition) is 5. The molecule has 7 heteroatoms. The SMILES string of the molecule is COc1ccc(CNC(=O)COC(=O)c2cccc[n+]2[O-])cc1. The van der Waals surface area contributed by atoms with E-state index in [1.165, 1.54) is 24.4 Å². The van der Waals surface area contributed by atoms with E-state index in [9.17, 15) is 14.8 Å². The number of nitrogens with zero attached hydrogens (tertiary/aromatic N) is 1. The molecule has 0 aliphatic heterocycles. The highest BCUT2D eigenvalue weighted by Gasteiger charge is 2.17. The number of carbonyl (C=O) groups excluding carboxylic acids is 2. The topological polar surface area (TPSA) is 91.6 Å². The first-order valence-corrected chi connectivity index (χ1v) is 6.85. The summed E-state index contributed by atoms with van der Waals surface area (Å²) in [6, 6.07) is 11.5. The lowest BCUT2D eigenvalue weighted by Crippen LogP contribution is -2.36. The molecule has 1 aromatic carbocycles. The number of rotatable bonds is 6. The zero-order valence-corrected chi connectivity index (χ0v) is 12.5. The normalized spacial score (nSPS) is 9.96. The second kappa shape index (κ2) is 7.79. The van der Waals surface area contributed by atoms with Crippen molar-refractivity contribution in [3.63, 3.8) is 0 Å². The number of carbonyl (C=O) groups is 2. The monoisotopic (exact) mass is 316 g/mol. The zero-order chi connectivity index (χ0) is 16.7. The van der Waals surface area contributed by atoms with Crippen LogP contribution in [0, 0.1) is 5.21 Å². The first kappa shape index (κ1) is 16.3. The zero-order valence-electron chi connectivity index (χ0n) is 12.5. The van der Waals surface area contributed by atoms with Crippen LogP contribution in [-0.2, 0) is 16.1 Å². The standard InChI is InChI=1S/C16H16N2O5/c1-22-13-7-5-12(6-8-13)10-17-15(19)11-23-16(20)14-4-2-3-9-18(14)21/h2-9H,10-11H2,1H3,(H,17,19). The number of pyridine rings is 1. The van der Waals surface area contributed by atoms with Crippen molar-refractivity contribution in [2.24, 2.45) is 0 Å². The van der Waals surface area contributed by atoms with Gasteiger partial charge in [0.2, 0.25) is 0 Å². The van der Waals surface area contributed by atoms with Gasteiger partial charge >= 0.3 is 11.7 Å². The largest absolute Gasteiger partial charge is 0.618 e. The lowest BCUT2D eigenvalue weighted by Gasteiger charge is -2.07. The van der Waals surface area contributed by atoms with Gasteiger partial charge in [-0.25, -0.2) is 4.79 Å². The molecule has 1 heterocycles. The molecule has 0 saturated heterocycles. The summed E-state index contributed by atoms with van der Waals surface area (Å²) in [6.45, 7) is -0.156. The fraction of sp³-hybridized carbons (Fsp3) is 0.188. The third-order valence-electron chi connectivity index (χ3n) is 3.02. The molecule has 0 radical (unpaired) electrons. The van der Waals surface area contributed by atoms with Crippen molar-refractivity contribution in [3.05, 3.63) is 65.1 Å². The number of ether oxygens (including phenoxy) is 2. The average Bonchev–Trinajstić information content (AvgIpc) is 2.58. The van der Waals surface area contributed by atoms with Gasteiger partial charge in [-0.1, -0.05) is 12.1 Å². The summed E-state index contributed by atoms with van der Waals surface area (Å²) < 4.78 is 10.2. The van der Waals surface area contributed by atoms with Gasteiger partial charge in [0.05, 0.1) is 7.11 Å². The number of benzene rings is 1. The van der Waals surface area contributed by atoms with Gasteiger partial charge in [-0.2, -0.15) is 4.73 Å². The maximum absolute atomic E-state index is 11.7. The maximum Gasteiger partial charge on any atom is 0.405 e. The first-order chi connectivity index (χ1) is 11.1. The predicted octanol–water partition coefficient (Wildman–Crippen LogP) is 0.802. The molecule has 2 aromatic rings. The van der Waals surface area contributed by atoms with Crippen LogP contribution < -0.4 is 14.8 Å². The predicted molar refractivity (Wildman–Crippen MR) is 80.5 cm³/mol. The van der Waals surface area contributed by atoms with Crippen molar-refractivity contribution >= 4 is 11.9 Å². The molecule has 7 nitrogen and oxygen atoms in total. The minimum Gasteiger partial charge on any atom is -0.618 e. The number of amides is 1. The van der Waals surface area contributed by atoms with Gasteiger partial charge in [-0.3, -0.25) is 4.79 Å². The summed E-state index contributed by atoms with van der Waals surface area (Å²) in [6.07, 6.45) is 1.18. The molecule has 120 valence electrons. The van der Waals surface area contributed by atoms with Gasteiger partial charge in [0, 0.05) is 18.7 Å². The summed E-state index contributed by atoms with van der Waals surface area (Å²) >= 11 is 0. The van der Waals surface area contributed by atoms with Gasteiger partial charge in [-0.15, -0.1) is 0 Å². The van der Waals surface area contributed by atoms with Gasteiger partial charge in [0.15, 0.2) is 12.8 Å². The molecule has 0 fully saturated rings. The second-order valence-electron chi connectivity index (χ2n) is 4.61.